The van der Waals surface area contributed by atoms with Crippen molar-refractivity contribution in [2.24, 2.45) is 5.41 Å². The van der Waals surface area contributed by atoms with Crippen LogP contribution in [0, 0.1) is 5.41 Å². The molecule has 1 N–H and O–H groups in total. The normalized spacial score (nSPS) is 23.8. The van der Waals surface area contributed by atoms with Crippen LogP contribution in [-0.2, 0) is 4.79 Å². The fraction of sp³-hybridized carbons (Fsp3) is 0.800. The number of amides is 2. The number of piperidine rings is 1. The van der Waals surface area contributed by atoms with Crippen molar-refractivity contribution in [3.63, 3.8) is 0 Å². The molecule has 2 fully saturated rings. The first-order chi connectivity index (χ1) is 7.02. The molecule has 2 aliphatic rings. The first kappa shape index (κ1) is 10.3. The molecule has 0 aromatic carbocycles. The quantitative estimate of drug-likeness (QED) is 0.640. The van der Waals surface area contributed by atoms with E-state index in [0.29, 0.717) is 13.1 Å². The monoisotopic (exact) mass is 212 g/mol. The van der Waals surface area contributed by atoms with E-state index in [4.69, 9.17) is 5.11 Å². The van der Waals surface area contributed by atoms with Crippen molar-refractivity contribution in [2.45, 2.75) is 19.8 Å². The van der Waals surface area contributed by atoms with Crippen LogP contribution < -0.4 is 0 Å². The molecule has 5 nitrogen and oxygen atoms in total. The van der Waals surface area contributed by atoms with Gasteiger partial charge in [-0.05, 0) is 12.8 Å². The summed E-state index contributed by atoms with van der Waals surface area (Å²) in [5.41, 5.74) is 0.171. The molecular formula is C10H16N2O3. The van der Waals surface area contributed by atoms with Gasteiger partial charge in [0.05, 0.1) is 0 Å². The molecule has 0 radical (unpaired) electrons. The maximum Gasteiger partial charge on any atom is 0.407 e. The molecule has 0 atom stereocenters. The summed E-state index contributed by atoms with van der Waals surface area (Å²) in [5, 5.41) is 8.75. The third kappa shape index (κ3) is 1.78. The van der Waals surface area contributed by atoms with Gasteiger partial charge in [0.2, 0.25) is 5.91 Å². The minimum atomic E-state index is -0.824. The van der Waals surface area contributed by atoms with Crippen LogP contribution in [0.15, 0.2) is 0 Å². The zero-order valence-corrected chi connectivity index (χ0v) is 8.90. The molecule has 0 saturated carbocycles. The summed E-state index contributed by atoms with van der Waals surface area (Å²) in [6.45, 7) is 4.44. The molecule has 0 aromatic rings. The smallest absolute Gasteiger partial charge is 0.407 e. The average Bonchev–Trinajstić information content (AvgIpc) is 2.13. The standard InChI is InChI=1S/C10H16N2O3/c1-8(13)11-4-2-10(3-5-11)6-12(7-10)9(14)15/h2-7H2,1H3,(H,14,15). The van der Waals surface area contributed by atoms with Gasteiger partial charge in [-0.1, -0.05) is 0 Å². The molecule has 2 heterocycles. The van der Waals surface area contributed by atoms with E-state index >= 15 is 0 Å². The molecule has 5 heteroatoms. The molecule has 84 valence electrons. The second-order valence-electron chi connectivity index (χ2n) is 4.64. The molecule has 0 aromatic heterocycles. The van der Waals surface area contributed by atoms with Crippen LogP contribution in [0.4, 0.5) is 4.79 Å². The predicted molar refractivity (Wildman–Crippen MR) is 53.5 cm³/mol. The SMILES string of the molecule is CC(=O)N1CCC2(CC1)CN(C(=O)O)C2. The van der Waals surface area contributed by atoms with Crippen LogP contribution in [0.2, 0.25) is 0 Å². The Morgan fingerprint density at radius 2 is 1.67 bits per heavy atom. The van der Waals surface area contributed by atoms with Gasteiger partial charge in [0.25, 0.3) is 0 Å². The first-order valence-electron chi connectivity index (χ1n) is 5.26. The maximum absolute atomic E-state index is 11.1. The largest absolute Gasteiger partial charge is 0.465 e. The van der Waals surface area contributed by atoms with E-state index < -0.39 is 6.09 Å². The van der Waals surface area contributed by atoms with Crippen molar-refractivity contribution in [2.75, 3.05) is 26.2 Å². The van der Waals surface area contributed by atoms with Gasteiger partial charge in [-0.3, -0.25) is 4.79 Å². The fourth-order valence-corrected chi connectivity index (χ4v) is 2.51. The van der Waals surface area contributed by atoms with Crippen molar-refractivity contribution in [1.29, 1.82) is 0 Å². The summed E-state index contributed by atoms with van der Waals surface area (Å²) in [5.74, 6) is 0.124. The Balaban J connectivity index is 1.85. The molecule has 0 bridgehead atoms. The van der Waals surface area contributed by atoms with Crippen molar-refractivity contribution < 1.29 is 14.7 Å². The third-order valence-electron chi connectivity index (χ3n) is 3.59. The van der Waals surface area contributed by atoms with Crippen LogP contribution in [-0.4, -0.2) is 53.1 Å². The second-order valence-corrected chi connectivity index (χ2v) is 4.64. The van der Waals surface area contributed by atoms with Crippen LogP contribution >= 0.6 is 0 Å². The molecule has 15 heavy (non-hydrogen) atoms. The number of likely N-dealkylation sites (tertiary alicyclic amines) is 2. The number of rotatable bonds is 0. The number of carboxylic acid groups (broad SMARTS) is 1. The van der Waals surface area contributed by atoms with E-state index in [-0.39, 0.29) is 11.3 Å². The number of hydrogen-bond donors (Lipinski definition) is 1. The Kier molecular flexibility index (Phi) is 2.32. The highest BCUT2D eigenvalue weighted by Crippen LogP contribution is 2.40. The van der Waals surface area contributed by atoms with Gasteiger partial charge in [-0.15, -0.1) is 0 Å². The molecule has 2 rings (SSSR count). The summed E-state index contributed by atoms with van der Waals surface area (Å²) in [6.07, 6.45) is 1.06. The van der Waals surface area contributed by atoms with Crippen LogP contribution in [0.3, 0.4) is 0 Å². The lowest BCUT2D eigenvalue weighted by atomic mass is 9.72. The molecule has 0 unspecified atom stereocenters. The summed E-state index contributed by atoms with van der Waals surface area (Å²) in [6, 6.07) is 0. The predicted octanol–water partition coefficient (Wildman–Crippen LogP) is 0.609. The fourth-order valence-electron chi connectivity index (χ4n) is 2.51. The molecule has 2 saturated heterocycles. The Bertz CT molecular complexity index is 287. The first-order valence-corrected chi connectivity index (χ1v) is 5.26. The Labute approximate surface area is 88.6 Å². The number of nitrogens with zero attached hydrogens (tertiary/aromatic N) is 2. The molecule has 1 spiro atoms. The van der Waals surface area contributed by atoms with E-state index in [1.165, 1.54) is 4.90 Å². The lowest BCUT2D eigenvalue weighted by molar-refractivity contribution is -0.133. The van der Waals surface area contributed by atoms with Crippen LogP contribution in [0.25, 0.3) is 0 Å². The molecule has 0 aliphatic carbocycles. The van der Waals surface area contributed by atoms with Gasteiger partial charge in [-0.2, -0.15) is 0 Å². The lowest BCUT2D eigenvalue weighted by Gasteiger charge is -2.52. The van der Waals surface area contributed by atoms with Gasteiger partial charge < -0.3 is 14.9 Å². The number of hydrogen-bond acceptors (Lipinski definition) is 2. The van der Waals surface area contributed by atoms with Crippen molar-refractivity contribution in [3.8, 4) is 0 Å². The van der Waals surface area contributed by atoms with E-state index in [0.717, 1.165) is 25.9 Å². The number of carbonyl (C=O) groups excluding carboxylic acids is 1. The second kappa shape index (κ2) is 3.40. The minimum Gasteiger partial charge on any atom is -0.465 e. The van der Waals surface area contributed by atoms with E-state index in [9.17, 15) is 9.59 Å². The van der Waals surface area contributed by atoms with Gasteiger partial charge >= 0.3 is 6.09 Å². The summed E-state index contributed by atoms with van der Waals surface area (Å²) < 4.78 is 0. The van der Waals surface area contributed by atoms with E-state index in [1.54, 1.807) is 6.92 Å². The summed E-state index contributed by atoms with van der Waals surface area (Å²) in [4.78, 5) is 25.0. The Hall–Kier alpha value is -1.26. The number of carbonyl (C=O) groups is 2. The molecule has 2 amide bonds. The minimum absolute atomic E-state index is 0.124. The van der Waals surface area contributed by atoms with Crippen LogP contribution in [0.5, 0.6) is 0 Å². The van der Waals surface area contributed by atoms with Gasteiger partial charge in [-0.25, -0.2) is 4.79 Å². The molecular weight excluding hydrogens is 196 g/mol. The topological polar surface area (TPSA) is 60.9 Å². The zero-order valence-electron chi connectivity index (χ0n) is 8.90. The van der Waals surface area contributed by atoms with Crippen LogP contribution in [0.1, 0.15) is 19.8 Å². The van der Waals surface area contributed by atoms with Gasteiger partial charge in [0, 0.05) is 38.5 Å². The van der Waals surface area contributed by atoms with Crippen molar-refractivity contribution in [1.82, 2.24) is 9.80 Å². The van der Waals surface area contributed by atoms with Crippen molar-refractivity contribution in [3.05, 3.63) is 0 Å². The third-order valence-corrected chi connectivity index (χ3v) is 3.59. The highest BCUT2D eigenvalue weighted by atomic mass is 16.4. The van der Waals surface area contributed by atoms with E-state index in [2.05, 4.69) is 0 Å². The Morgan fingerprint density at radius 3 is 2.07 bits per heavy atom. The maximum atomic E-state index is 11.1. The summed E-state index contributed by atoms with van der Waals surface area (Å²) >= 11 is 0. The average molecular weight is 212 g/mol. The molecule has 2 aliphatic heterocycles. The zero-order chi connectivity index (χ0) is 11.1. The lowest BCUT2D eigenvalue weighted by Crippen LogP contribution is -2.61. The van der Waals surface area contributed by atoms with Gasteiger partial charge in [0.15, 0.2) is 0 Å². The summed E-state index contributed by atoms with van der Waals surface area (Å²) in [7, 11) is 0. The van der Waals surface area contributed by atoms with E-state index in [1.807, 2.05) is 4.90 Å². The highest BCUT2D eigenvalue weighted by molar-refractivity contribution is 5.73. The highest BCUT2D eigenvalue weighted by Gasteiger charge is 2.46. The van der Waals surface area contributed by atoms with Crippen molar-refractivity contribution >= 4 is 12.0 Å². The Morgan fingerprint density at radius 1 is 1.13 bits per heavy atom. The van der Waals surface area contributed by atoms with Gasteiger partial charge in [0.1, 0.15) is 0 Å².